The summed E-state index contributed by atoms with van der Waals surface area (Å²) in [6.45, 7) is 7.00. The highest BCUT2D eigenvalue weighted by Gasteiger charge is 2.15. The fourth-order valence-corrected chi connectivity index (χ4v) is 2.50. The number of aryl methyl sites for hydroxylation is 1. The van der Waals surface area contributed by atoms with Crippen LogP contribution in [0.1, 0.15) is 5.56 Å². The van der Waals surface area contributed by atoms with Gasteiger partial charge in [0.05, 0.1) is 0 Å². The summed E-state index contributed by atoms with van der Waals surface area (Å²) in [6.07, 6.45) is -0.448. The molecule has 0 radical (unpaired) electrons. The van der Waals surface area contributed by atoms with Gasteiger partial charge in [0.2, 0.25) is 0 Å². The Morgan fingerprint density at radius 1 is 1.42 bits per heavy atom. The van der Waals surface area contributed by atoms with Gasteiger partial charge in [-0.25, -0.2) is 0 Å². The van der Waals surface area contributed by atoms with Crippen molar-refractivity contribution in [2.45, 2.75) is 13.0 Å². The van der Waals surface area contributed by atoms with Crippen LogP contribution in [0.4, 0.5) is 0 Å². The number of piperazine rings is 1. The Labute approximate surface area is 122 Å². The van der Waals surface area contributed by atoms with Crippen molar-refractivity contribution in [3.8, 4) is 5.75 Å². The minimum atomic E-state index is -0.448. The molecule has 0 amide bonds. The zero-order valence-electron chi connectivity index (χ0n) is 11.2. The summed E-state index contributed by atoms with van der Waals surface area (Å²) >= 11 is 3.43. The monoisotopic (exact) mass is 328 g/mol. The third kappa shape index (κ3) is 4.76. The number of hydrogen-bond acceptors (Lipinski definition) is 4. The topological polar surface area (TPSA) is 44.7 Å². The Morgan fingerprint density at radius 3 is 2.89 bits per heavy atom. The molecule has 1 saturated heterocycles. The maximum atomic E-state index is 10.0. The summed E-state index contributed by atoms with van der Waals surface area (Å²) in [5, 5.41) is 13.3. The van der Waals surface area contributed by atoms with Crippen LogP contribution in [-0.2, 0) is 0 Å². The Hall–Kier alpha value is -0.620. The van der Waals surface area contributed by atoms with E-state index in [-0.39, 0.29) is 0 Å². The van der Waals surface area contributed by atoms with E-state index < -0.39 is 6.10 Å². The van der Waals surface area contributed by atoms with Crippen LogP contribution in [0, 0.1) is 6.92 Å². The Morgan fingerprint density at radius 2 is 2.16 bits per heavy atom. The van der Waals surface area contributed by atoms with Crippen molar-refractivity contribution < 1.29 is 9.84 Å². The number of nitrogens with zero attached hydrogens (tertiary/aromatic N) is 1. The standard InChI is InChI=1S/C14H21BrN2O2/c1-11-2-3-12(15)8-14(11)19-10-13(18)9-17-6-4-16-5-7-17/h2-3,8,13,16,18H,4-7,9-10H2,1H3. The quantitative estimate of drug-likeness (QED) is 0.857. The van der Waals surface area contributed by atoms with E-state index >= 15 is 0 Å². The van der Waals surface area contributed by atoms with Crippen LogP contribution in [-0.4, -0.2) is 55.4 Å². The number of β-amino-alcohol motifs (C(OH)–C–C–N with tert-alkyl or cyclic N) is 1. The molecular formula is C14H21BrN2O2. The molecule has 1 aliphatic heterocycles. The van der Waals surface area contributed by atoms with E-state index in [1.54, 1.807) is 0 Å². The minimum absolute atomic E-state index is 0.335. The molecule has 5 heteroatoms. The zero-order chi connectivity index (χ0) is 13.7. The molecule has 1 unspecified atom stereocenters. The lowest BCUT2D eigenvalue weighted by atomic mass is 10.2. The molecule has 0 spiro atoms. The molecule has 19 heavy (non-hydrogen) atoms. The minimum Gasteiger partial charge on any atom is -0.491 e. The van der Waals surface area contributed by atoms with Crippen molar-refractivity contribution in [2.75, 3.05) is 39.3 Å². The molecule has 1 heterocycles. The first-order chi connectivity index (χ1) is 9.15. The van der Waals surface area contributed by atoms with Crippen LogP contribution < -0.4 is 10.1 Å². The van der Waals surface area contributed by atoms with E-state index in [1.807, 2.05) is 25.1 Å². The first kappa shape index (κ1) is 14.8. The van der Waals surface area contributed by atoms with E-state index in [0.717, 1.165) is 42.0 Å². The van der Waals surface area contributed by atoms with Crippen LogP contribution in [0.5, 0.6) is 5.75 Å². The Kier molecular flexibility index (Phi) is 5.63. The first-order valence-corrected chi connectivity index (χ1v) is 7.44. The van der Waals surface area contributed by atoms with Crippen LogP contribution in [0.25, 0.3) is 0 Å². The summed E-state index contributed by atoms with van der Waals surface area (Å²) in [5.74, 6) is 0.828. The molecule has 0 aromatic heterocycles. The number of halogens is 1. The predicted molar refractivity (Wildman–Crippen MR) is 79.7 cm³/mol. The molecule has 2 rings (SSSR count). The van der Waals surface area contributed by atoms with Crippen molar-refractivity contribution in [1.29, 1.82) is 0 Å². The fourth-order valence-electron chi connectivity index (χ4n) is 2.16. The summed E-state index contributed by atoms with van der Waals surface area (Å²) in [7, 11) is 0. The molecule has 1 aliphatic rings. The lowest BCUT2D eigenvalue weighted by Gasteiger charge is -2.29. The predicted octanol–water partition coefficient (Wildman–Crippen LogP) is 1.40. The van der Waals surface area contributed by atoms with Gasteiger partial charge in [-0.3, -0.25) is 4.90 Å². The van der Waals surface area contributed by atoms with Gasteiger partial charge in [0, 0.05) is 37.2 Å². The first-order valence-electron chi connectivity index (χ1n) is 6.65. The van der Waals surface area contributed by atoms with Crippen LogP contribution in [0.2, 0.25) is 0 Å². The highest BCUT2D eigenvalue weighted by Crippen LogP contribution is 2.22. The van der Waals surface area contributed by atoms with Gasteiger partial charge in [0.15, 0.2) is 0 Å². The number of hydrogen-bond donors (Lipinski definition) is 2. The van der Waals surface area contributed by atoms with Crippen molar-refractivity contribution in [3.63, 3.8) is 0 Å². The molecule has 1 aromatic carbocycles. The van der Waals surface area contributed by atoms with Gasteiger partial charge in [-0.15, -0.1) is 0 Å². The third-order valence-electron chi connectivity index (χ3n) is 3.26. The zero-order valence-corrected chi connectivity index (χ0v) is 12.8. The SMILES string of the molecule is Cc1ccc(Br)cc1OCC(O)CN1CCNCC1. The molecule has 0 saturated carbocycles. The summed E-state index contributed by atoms with van der Waals surface area (Å²) < 4.78 is 6.69. The van der Waals surface area contributed by atoms with Gasteiger partial charge in [-0.05, 0) is 24.6 Å². The van der Waals surface area contributed by atoms with Crippen molar-refractivity contribution in [1.82, 2.24) is 10.2 Å². The largest absolute Gasteiger partial charge is 0.491 e. The second-order valence-electron chi connectivity index (χ2n) is 4.93. The number of benzene rings is 1. The van der Waals surface area contributed by atoms with Crippen LogP contribution >= 0.6 is 15.9 Å². The molecule has 0 bridgehead atoms. The summed E-state index contributed by atoms with van der Waals surface area (Å²) in [4.78, 5) is 2.26. The maximum absolute atomic E-state index is 10.0. The maximum Gasteiger partial charge on any atom is 0.123 e. The van der Waals surface area contributed by atoms with Crippen LogP contribution in [0.15, 0.2) is 22.7 Å². The Balaban J connectivity index is 1.79. The summed E-state index contributed by atoms with van der Waals surface area (Å²) in [5.41, 5.74) is 1.08. The molecule has 1 aromatic rings. The van der Waals surface area contributed by atoms with Crippen molar-refractivity contribution >= 4 is 15.9 Å². The normalized spacial score (nSPS) is 18.3. The van der Waals surface area contributed by atoms with Crippen LogP contribution in [0.3, 0.4) is 0 Å². The second-order valence-corrected chi connectivity index (χ2v) is 5.84. The highest BCUT2D eigenvalue weighted by molar-refractivity contribution is 9.10. The number of nitrogens with one attached hydrogen (secondary N) is 1. The van der Waals surface area contributed by atoms with E-state index in [9.17, 15) is 5.11 Å². The van der Waals surface area contributed by atoms with Gasteiger partial charge in [-0.1, -0.05) is 22.0 Å². The second kappa shape index (κ2) is 7.24. The van der Waals surface area contributed by atoms with Crippen molar-refractivity contribution in [3.05, 3.63) is 28.2 Å². The third-order valence-corrected chi connectivity index (χ3v) is 3.75. The van der Waals surface area contributed by atoms with Gasteiger partial charge in [0.25, 0.3) is 0 Å². The van der Waals surface area contributed by atoms with E-state index in [1.165, 1.54) is 0 Å². The average molecular weight is 329 g/mol. The molecule has 1 fully saturated rings. The molecular weight excluding hydrogens is 308 g/mol. The number of aliphatic hydroxyl groups excluding tert-OH is 1. The molecule has 106 valence electrons. The smallest absolute Gasteiger partial charge is 0.123 e. The van der Waals surface area contributed by atoms with E-state index in [4.69, 9.17) is 4.74 Å². The summed E-state index contributed by atoms with van der Waals surface area (Å²) in [6, 6.07) is 5.92. The van der Waals surface area contributed by atoms with Gasteiger partial charge < -0.3 is 15.2 Å². The van der Waals surface area contributed by atoms with Gasteiger partial charge >= 0.3 is 0 Å². The highest BCUT2D eigenvalue weighted by atomic mass is 79.9. The molecule has 1 atom stereocenters. The van der Waals surface area contributed by atoms with Gasteiger partial charge in [-0.2, -0.15) is 0 Å². The lowest BCUT2D eigenvalue weighted by molar-refractivity contribution is 0.0639. The molecule has 2 N–H and O–H groups in total. The number of aliphatic hydroxyl groups is 1. The molecule has 0 aliphatic carbocycles. The number of rotatable bonds is 5. The molecule has 4 nitrogen and oxygen atoms in total. The lowest BCUT2D eigenvalue weighted by Crippen LogP contribution is -2.47. The fraction of sp³-hybridized carbons (Fsp3) is 0.571. The number of ether oxygens (including phenoxy) is 1. The van der Waals surface area contributed by atoms with Gasteiger partial charge in [0.1, 0.15) is 18.5 Å². The van der Waals surface area contributed by atoms with E-state index in [0.29, 0.717) is 13.2 Å². The van der Waals surface area contributed by atoms with E-state index in [2.05, 4.69) is 26.1 Å². The van der Waals surface area contributed by atoms with Crippen molar-refractivity contribution in [2.24, 2.45) is 0 Å². The Bertz CT molecular complexity index is 408. The average Bonchev–Trinajstić information content (AvgIpc) is 2.41.